The van der Waals surface area contributed by atoms with Crippen LogP contribution in [0.4, 0.5) is 5.69 Å². The number of ether oxygens (including phenoxy) is 1. The van der Waals surface area contributed by atoms with E-state index >= 15 is 0 Å². The zero-order valence-electron chi connectivity index (χ0n) is 11.3. The second kappa shape index (κ2) is 5.82. The lowest BCUT2D eigenvalue weighted by atomic mass is 10.2. The molecule has 1 fully saturated rings. The predicted octanol–water partition coefficient (Wildman–Crippen LogP) is 0.906. The number of carboxylic acid groups (broad SMARTS) is 1. The van der Waals surface area contributed by atoms with Gasteiger partial charge in [-0.25, -0.2) is 13.2 Å². The van der Waals surface area contributed by atoms with Crippen LogP contribution in [0.2, 0.25) is 0 Å². The van der Waals surface area contributed by atoms with Crippen molar-refractivity contribution >= 4 is 27.4 Å². The van der Waals surface area contributed by atoms with Gasteiger partial charge in [0.1, 0.15) is 6.10 Å². The Hall–Kier alpha value is -1.93. The van der Waals surface area contributed by atoms with Crippen LogP contribution >= 0.6 is 0 Å². The first-order valence-corrected chi connectivity index (χ1v) is 8.17. The molecule has 1 aliphatic rings. The minimum absolute atomic E-state index is 0.121. The number of amides is 1. The summed E-state index contributed by atoms with van der Waals surface area (Å²) in [5, 5.41) is 11.5. The number of aromatic carboxylic acids is 1. The van der Waals surface area contributed by atoms with E-state index in [2.05, 4.69) is 5.32 Å². The van der Waals surface area contributed by atoms with Crippen molar-refractivity contribution in [1.29, 1.82) is 0 Å². The first-order valence-electron chi connectivity index (χ1n) is 6.28. The summed E-state index contributed by atoms with van der Waals surface area (Å²) in [4.78, 5) is 22.8. The number of carbonyl (C=O) groups is 2. The Morgan fingerprint density at radius 3 is 2.57 bits per heavy atom. The fourth-order valence-corrected chi connectivity index (χ4v) is 2.70. The minimum atomic E-state index is -3.58. The van der Waals surface area contributed by atoms with Crippen LogP contribution in [0, 0.1) is 0 Å². The van der Waals surface area contributed by atoms with Crippen molar-refractivity contribution in [2.24, 2.45) is 0 Å². The number of benzene rings is 1. The summed E-state index contributed by atoms with van der Waals surface area (Å²) in [6.45, 7) is 0.502. The summed E-state index contributed by atoms with van der Waals surface area (Å²) in [5.41, 5.74) is -0.0867. The van der Waals surface area contributed by atoms with Gasteiger partial charge in [0.2, 0.25) is 0 Å². The highest BCUT2D eigenvalue weighted by molar-refractivity contribution is 7.90. The molecular formula is C13H15NO6S. The Labute approximate surface area is 121 Å². The lowest BCUT2D eigenvalue weighted by Gasteiger charge is -2.12. The molecule has 1 saturated heterocycles. The molecule has 1 amide bonds. The van der Waals surface area contributed by atoms with Crippen molar-refractivity contribution in [3.63, 3.8) is 0 Å². The lowest BCUT2D eigenvalue weighted by Crippen LogP contribution is -2.27. The zero-order chi connectivity index (χ0) is 15.6. The Balaban J connectivity index is 2.31. The number of carboxylic acids is 1. The molecule has 7 nitrogen and oxygen atoms in total. The van der Waals surface area contributed by atoms with E-state index < -0.39 is 27.8 Å². The standard InChI is InChI=1S/C13H15NO6S/c1-21(18,19)10-6-8(13(16)17)5-9(7-10)14-12(15)11-3-2-4-20-11/h5-7,11H,2-4H2,1H3,(H,14,15)(H,16,17). The number of carbonyl (C=O) groups excluding carboxylic acids is 1. The fraction of sp³-hybridized carbons (Fsp3) is 0.385. The van der Waals surface area contributed by atoms with E-state index in [1.54, 1.807) is 0 Å². The Morgan fingerprint density at radius 2 is 2.05 bits per heavy atom. The number of hydrogen-bond acceptors (Lipinski definition) is 5. The van der Waals surface area contributed by atoms with Crippen molar-refractivity contribution < 1.29 is 27.9 Å². The molecule has 0 aromatic heterocycles. The maximum Gasteiger partial charge on any atom is 0.335 e. The molecule has 21 heavy (non-hydrogen) atoms. The van der Waals surface area contributed by atoms with Crippen molar-refractivity contribution in [3.05, 3.63) is 23.8 Å². The summed E-state index contributed by atoms with van der Waals surface area (Å²) in [7, 11) is -3.58. The summed E-state index contributed by atoms with van der Waals surface area (Å²) in [6.07, 6.45) is 1.75. The molecule has 1 aromatic carbocycles. The third-order valence-electron chi connectivity index (χ3n) is 3.07. The first-order chi connectivity index (χ1) is 9.77. The van der Waals surface area contributed by atoms with Gasteiger partial charge in [0, 0.05) is 18.6 Å². The molecule has 0 aliphatic carbocycles. The van der Waals surface area contributed by atoms with E-state index in [9.17, 15) is 18.0 Å². The van der Waals surface area contributed by atoms with Crippen LogP contribution in [0.1, 0.15) is 23.2 Å². The summed E-state index contributed by atoms with van der Waals surface area (Å²) in [5.74, 6) is -1.68. The molecule has 8 heteroatoms. The van der Waals surface area contributed by atoms with Crippen LogP contribution in [0.3, 0.4) is 0 Å². The van der Waals surface area contributed by atoms with Gasteiger partial charge in [0.05, 0.1) is 10.5 Å². The van der Waals surface area contributed by atoms with Crippen LogP contribution in [-0.2, 0) is 19.4 Å². The third kappa shape index (κ3) is 3.79. The maximum atomic E-state index is 11.9. The summed E-state index contributed by atoms with van der Waals surface area (Å²) in [6, 6.07) is 3.50. The van der Waals surface area contributed by atoms with Crippen molar-refractivity contribution in [2.75, 3.05) is 18.2 Å². The third-order valence-corrected chi connectivity index (χ3v) is 4.16. The van der Waals surface area contributed by atoms with E-state index in [0.29, 0.717) is 13.0 Å². The van der Waals surface area contributed by atoms with Crippen molar-refractivity contribution in [2.45, 2.75) is 23.8 Å². The average molecular weight is 313 g/mol. The molecule has 2 N–H and O–H groups in total. The van der Waals surface area contributed by atoms with Gasteiger partial charge in [-0.3, -0.25) is 4.79 Å². The molecule has 1 heterocycles. The van der Waals surface area contributed by atoms with E-state index in [1.807, 2.05) is 0 Å². The molecular weight excluding hydrogens is 298 g/mol. The van der Waals surface area contributed by atoms with E-state index in [4.69, 9.17) is 9.84 Å². The molecule has 0 spiro atoms. The average Bonchev–Trinajstić information content (AvgIpc) is 2.91. The molecule has 1 aliphatic heterocycles. The first kappa shape index (κ1) is 15.5. The van der Waals surface area contributed by atoms with E-state index in [1.165, 1.54) is 12.1 Å². The van der Waals surface area contributed by atoms with Crippen LogP contribution < -0.4 is 5.32 Å². The number of sulfone groups is 1. The molecule has 2 rings (SSSR count). The SMILES string of the molecule is CS(=O)(=O)c1cc(NC(=O)C2CCCO2)cc(C(=O)O)c1. The quantitative estimate of drug-likeness (QED) is 0.855. The Morgan fingerprint density at radius 1 is 1.33 bits per heavy atom. The maximum absolute atomic E-state index is 11.9. The highest BCUT2D eigenvalue weighted by Gasteiger charge is 2.24. The normalized spacial score (nSPS) is 18.4. The van der Waals surface area contributed by atoms with E-state index in [0.717, 1.165) is 18.7 Å². The highest BCUT2D eigenvalue weighted by Crippen LogP contribution is 2.21. The zero-order valence-corrected chi connectivity index (χ0v) is 12.1. The number of nitrogens with one attached hydrogen (secondary N) is 1. The molecule has 114 valence electrons. The number of rotatable bonds is 4. The Kier molecular flexibility index (Phi) is 4.29. The van der Waals surface area contributed by atoms with Gasteiger partial charge in [-0.15, -0.1) is 0 Å². The van der Waals surface area contributed by atoms with Gasteiger partial charge in [0.15, 0.2) is 9.84 Å². The molecule has 0 radical (unpaired) electrons. The topological polar surface area (TPSA) is 110 Å². The fourth-order valence-electron chi connectivity index (χ4n) is 2.02. The molecule has 0 saturated carbocycles. The lowest BCUT2D eigenvalue weighted by molar-refractivity contribution is -0.124. The highest BCUT2D eigenvalue weighted by atomic mass is 32.2. The van der Waals surface area contributed by atoms with Crippen LogP contribution in [-0.4, -0.2) is 44.4 Å². The van der Waals surface area contributed by atoms with Gasteiger partial charge in [0.25, 0.3) is 5.91 Å². The number of anilines is 1. The second-order valence-electron chi connectivity index (χ2n) is 4.81. The van der Waals surface area contributed by atoms with Gasteiger partial charge >= 0.3 is 5.97 Å². The molecule has 1 aromatic rings. The van der Waals surface area contributed by atoms with Crippen LogP contribution in [0.25, 0.3) is 0 Å². The largest absolute Gasteiger partial charge is 0.478 e. The Bertz CT molecular complexity index is 676. The van der Waals surface area contributed by atoms with Gasteiger partial charge in [-0.2, -0.15) is 0 Å². The van der Waals surface area contributed by atoms with Gasteiger partial charge < -0.3 is 15.2 Å². The predicted molar refractivity (Wildman–Crippen MR) is 74.1 cm³/mol. The molecule has 1 atom stereocenters. The van der Waals surface area contributed by atoms with Crippen LogP contribution in [0.5, 0.6) is 0 Å². The smallest absolute Gasteiger partial charge is 0.335 e. The summed E-state index contributed by atoms with van der Waals surface area (Å²) >= 11 is 0. The van der Waals surface area contributed by atoms with Crippen molar-refractivity contribution in [1.82, 2.24) is 0 Å². The van der Waals surface area contributed by atoms with Crippen molar-refractivity contribution in [3.8, 4) is 0 Å². The monoisotopic (exact) mass is 313 g/mol. The minimum Gasteiger partial charge on any atom is -0.478 e. The van der Waals surface area contributed by atoms with Gasteiger partial charge in [-0.1, -0.05) is 0 Å². The van der Waals surface area contributed by atoms with Crippen LogP contribution in [0.15, 0.2) is 23.1 Å². The molecule has 0 bridgehead atoms. The molecule has 1 unspecified atom stereocenters. The van der Waals surface area contributed by atoms with E-state index in [-0.39, 0.29) is 16.1 Å². The number of hydrogen-bond donors (Lipinski definition) is 2. The summed E-state index contributed by atoms with van der Waals surface area (Å²) < 4.78 is 28.4. The van der Waals surface area contributed by atoms with Gasteiger partial charge in [-0.05, 0) is 31.0 Å². The second-order valence-corrected chi connectivity index (χ2v) is 6.83.